The van der Waals surface area contributed by atoms with Gasteiger partial charge in [-0.25, -0.2) is 0 Å². The van der Waals surface area contributed by atoms with Gasteiger partial charge in [0.2, 0.25) is 0 Å². The molecule has 0 fully saturated rings. The summed E-state index contributed by atoms with van der Waals surface area (Å²) in [5.41, 5.74) is 8.41. The second-order valence-electron chi connectivity index (χ2n) is 9.51. The van der Waals surface area contributed by atoms with E-state index in [0.717, 1.165) is 53.7 Å². The molecule has 2 aromatic rings. The Hall–Kier alpha value is -2.38. The van der Waals surface area contributed by atoms with Gasteiger partial charge in [0.15, 0.2) is 0 Å². The third-order valence-corrected chi connectivity index (χ3v) is 5.62. The molecule has 7 heteroatoms. The molecule has 0 saturated heterocycles. The fourth-order valence-corrected chi connectivity index (χ4v) is 3.68. The number of aromatic nitrogens is 1. The zero-order valence-corrected chi connectivity index (χ0v) is 20.2. The number of carboxylic acids is 1. The number of rotatable bonds is 13. The SMILES string of the molecule is COc1cc(NC(C)CCCNC(CCCCN)C(=O)O)c2nc(C(C)(C)C)ccc2c1. The molecule has 0 bridgehead atoms. The van der Waals surface area contributed by atoms with E-state index in [1.165, 1.54) is 0 Å². The zero-order chi connectivity index (χ0) is 23.7. The molecule has 0 spiro atoms. The van der Waals surface area contributed by atoms with Crippen molar-refractivity contribution in [2.75, 3.05) is 25.5 Å². The number of hydrogen-bond acceptors (Lipinski definition) is 6. The monoisotopic (exact) mass is 444 g/mol. The van der Waals surface area contributed by atoms with Crippen molar-refractivity contribution in [3.05, 3.63) is 30.0 Å². The summed E-state index contributed by atoms with van der Waals surface area (Å²) in [5.74, 6) is -0.00210. The number of nitrogens with two attached hydrogens (primary N) is 1. The first-order chi connectivity index (χ1) is 15.2. The molecule has 2 unspecified atom stereocenters. The number of hydrogen-bond donors (Lipinski definition) is 4. The van der Waals surface area contributed by atoms with Crippen LogP contribution in [0, 0.1) is 0 Å². The minimum atomic E-state index is -0.795. The van der Waals surface area contributed by atoms with Crippen LogP contribution in [0.15, 0.2) is 24.3 Å². The number of nitrogens with zero attached hydrogens (tertiary/aromatic N) is 1. The van der Waals surface area contributed by atoms with Gasteiger partial charge in [-0.1, -0.05) is 33.3 Å². The van der Waals surface area contributed by atoms with Crippen LogP contribution in [-0.4, -0.2) is 48.3 Å². The first-order valence-electron chi connectivity index (χ1n) is 11.6. The number of ether oxygens (including phenoxy) is 1. The van der Waals surface area contributed by atoms with Crippen molar-refractivity contribution in [1.29, 1.82) is 0 Å². The highest BCUT2D eigenvalue weighted by Gasteiger charge is 2.18. The molecule has 1 heterocycles. The van der Waals surface area contributed by atoms with Crippen molar-refractivity contribution in [3.8, 4) is 5.75 Å². The van der Waals surface area contributed by atoms with E-state index in [1.54, 1.807) is 7.11 Å². The maximum Gasteiger partial charge on any atom is 0.320 e. The lowest BCUT2D eigenvalue weighted by Crippen LogP contribution is -2.37. The molecule has 0 aliphatic carbocycles. The summed E-state index contributed by atoms with van der Waals surface area (Å²) in [4.78, 5) is 16.4. The molecule has 178 valence electrons. The van der Waals surface area contributed by atoms with E-state index >= 15 is 0 Å². The lowest BCUT2D eigenvalue weighted by atomic mass is 9.91. The Morgan fingerprint density at radius 3 is 2.56 bits per heavy atom. The van der Waals surface area contributed by atoms with E-state index in [0.29, 0.717) is 19.5 Å². The van der Waals surface area contributed by atoms with Gasteiger partial charge in [0.1, 0.15) is 11.8 Å². The minimum absolute atomic E-state index is 0.0342. The molecule has 32 heavy (non-hydrogen) atoms. The highest BCUT2D eigenvalue weighted by molar-refractivity contribution is 5.92. The molecular weight excluding hydrogens is 404 g/mol. The number of benzene rings is 1. The lowest BCUT2D eigenvalue weighted by molar-refractivity contribution is -0.139. The number of fused-ring (bicyclic) bond motifs is 1. The predicted octanol–water partition coefficient (Wildman–Crippen LogP) is 4.29. The molecule has 0 aliphatic rings. The van der Waals surface area contributed by atoms with Crippen LogP contribution in [0.2, 0.25) is 0 Å². The second-order valence-corrected chi connectivity index (χ2v) is 9.51. The number of aliphatic carboxylic acids is 1. The smallest absolute Gasteiger partial charge is 0.320 e. The van der Waals surface area contributed by atoms with Gasteiger partial charge in [-0.05, 0) is 57.8 Å². The van der Waals surface area contributed by atoms with Crippen molar-refractivity contribution in [3.63, 3.8) is 0 Å². The first-order valence-corrected chi connectivity index (χ1v) is 11.6. The first kappa shape index (κ1) is 25.9. The largest absolute Gasteiger partial charge is 0.497 e. The summed E-state index contributed by atoms with van der Waals surface area (Å²) in [6.07, 6.45) is 4.06. The number of carbonyl (C=O) groups is 1. The quantitative estimate of drug-likeness (QED) is 0.341. The Morgan fingerprint density at radius 2 is 1.94 bits per heavy atom. The highest BCUT2D eigenvalue weighted by atomic mass is 16.5. The van der Waals surface area contributed by atoms with Crippen LogP contribution in [0.4, 0.5) is 5.69 Å². The summed E-state index contributed by atoms with van der Waals surface area (Å²) in [6.45, 7) is 9.88. The van der Waals surface area contributed by atoms with E-state index in [-0.39, 0.29) is 11.5 Å². The number of anilines is 1. The van der Waals surface area contributed by atoms with Gasteiger partial charge in [-0.15, -0.1) is 0 Å². The predicted molar refractivity (Wildman–Crippen MR) is 132 cm³/mol. The van der Waals surface area contributed by atoms with Gasteiger partial charge >= 0.3 is 5.97 Å². The Kier molecular flexibility index (Phi) is 9.72. The van der Waals surface area contributed by atoms with Crippen LogP contribution in [0.3, 0.4) is 0 Å². The van der Waals surface area contributed by atoms with Gasteiger partial charge in [-0.2, -0.15) is 0 Å². The van der Waals surface area contributed by atoms with Crippen molar-refractivity contribution >= 4 is 22.6 Å². The molecule has 2 rings (SSSR count). The van der Waals surface area contributed by atoms with E-state index in [1.807, 2.05) is 12.1 Å². The van der Waals surface area contributed by atoms with Crippen LogP contribution >= 0.6 is 0 Å². The van der Waals surface area contributed by atoms with Crippen LogP contribution in [-0.2, 0) is 10.2 Å². The number of carboxylic acid groups (broad SMARTS) is 1. The van der Waals surface area contributed by atoms with Crippen LogP contribution in [0.1, 0.15) is 65.5 Å². The lowest BCUT2D eigenvalue weighted by Gasteiger charge is -2.21. The number of nitrogens with one attached hydrogen (secondary N) is 2. The van der Waals surface area contributed by atoms with Crippen molar-refractivity contribution in [2.24, 2.45) is 5.73 Å². The number of pyridine rings is 1. The maximum absolute atomic E-state index is 11.4. The molecule has 1 aromatic heterocycles. The Bertz CT molecular complexity index is 879. The maximum atomic E-state index is 11.4. The van der Waals surface area contributed by atoms with Gasteiger partial charge < -0.3 is 26.2 Å². The van der Waals surface area contributed by atoms with Gasteiger partial charge in [0.05, 0.1) is 18.3 Å². The summed E-state index contributed by atoms with van der Waals surface area (Å²) in [6, 6.07) is 7.87. The molecule has 0 amide bonds. The van der Waals surface area contributed by atoms with E-state index in [4.69, 9.17) is 15.5 Å². The summed E-state index contributed by atoms with van der Waals surface area (Å²) in [7, 11) is 1.67. The second kappa shape index (κ2) is 12.0. The molecule has 0 radical (unpaired) electrons. The third kappa shape index (κ3) is 7.64. The molecule has 1 aromatic carbocycles. The van der Waals surface area contributed by atoms with E-state index < -0.39 is 12.0 Å². The topological polar surface area (TPSA) is 110 Å². The average Bonchev–Trinajstić information content (AvgIpc) is 2.74. The Labute approximate surface area is 192 Å². The summed E-state index contributed by atoms with van der Waals surface area (Å²) < 4.78 is 5.49. The fraction of sp³-hybridized carbons (Fsp3) is 0.600. The highest BCUT2D eigenvalue weighted by Crippen LogP contribution is 2.31. The average molecular weight is 445 g/mol. The zero-order valence-electron chi connectivity index (χ0n) is 20.2. The molecule has 2 atom stereocenters. The normalized spacial score (nSPS) is 13.7. The van der Waals surface area contributed by atoms with Gasteiger partial charge in [-0.3, -0.25) is 9.78 Å². The Balaban J connectivity index is 2.01. The molecule has 0 saturated carbocycles. The molecular formula is C25H40N4O3. The van der Waals surface area contributed by atoms with E-state index in [2.05, 4.69) is 50.5 Å². The summed E-state index contributed by atoms with van der Waals surface area (Å²) in [5, 5.41) is 17.2. The fourth-order valence-electron chi connectivity index (χ4n) is 3.68. The third-order valence-electron chi connectivity index (χ3n) is 5.62. The number of unbranched alkanes of at least 4 members (excludes halogenated alkanes) is 1. The van der Waals surface area contributed by atoms with Gasteiger partial charge in [0, 0.05) is 28.6 Å². The van der Waals surface area contributed by atoms with Crippen LogP contribution < -0.4 is 21.1 Å². The van der Waals surface area contributed by atoms with Crippen molar-refractivity contribution < 1.29 is 14.6 Å². The van der Waals surface area contributed by atoms with Crippen molar-refractivity contribution in [2.45, 2.75) is 77.3 Å². The molecule has 0 aliphatic heterocycles. The minimum Gasteiger partial charge on any atom is -0.497 e. The van der Waals surface area contributed by atoms with Crippen LogP contribution in [0.25, 0.3) is 10.9 Å². The van der Waals surface area contributed by atoms with E-state index in [9.17, 15) is 9.90 Å². The molecule has 7 nitrogen and oxygen atoms in total. The number of methoxy groups -OCH3 is 1. The standard InChI is InChI=1S/C25H40N4O3/c1-17(9-8-14-27-20(24(30)31)10-6-7-13-26)28-21-16-19(32-5)15-18-11-12-22(25(2,3)4)29-23(18)21/h11-12,15-17,20,27-28H,6-10,13-14,26H2,1-5H3,(H,30,31). The van der Waals surface area contributed by atoms with Gasteiger partial charge in [0.25, 0.3) is 0 Å². The Morgan fingerprint density at radius 1 is 1.19 bits per heavy atom. The van der Waals surface area contributed by atoms with Crippen molar-refractivity contribution in [1.82, 2.24) is 10.3 Å². The van der Waals surface area contributed by atoms with Crippen LogP contribution in [0.5, 0.6) is 5.75 Å². The molecule has 5 N–H and O–H groups in total. The summed E-state index contributed by atoms with van der Waals surface area (Å²) >= 11 is 0.